The van der Waals surface area contributed by atoms with Gasteiger partial charge in [0.05, 0.1) is 0 Å². The first kappa shape index (κ1) is 17.8. The summed E-state index contributed by atoms with van der Waals surface area (Å²) in [4.78, 5) is 5.14. The van der Waals surface area contributed by atoms with Gasteiger partial charge < -0.3 is 5.11 Å². The molecule has 3 rings (SSSR count). The van der Waals surface area contributed by atoms with Crippen LogP contribution < -0.4 is 0 Å². The van der Waals surface area contributed by atoms with Crippen LogP contribution in [0.4, 0.5) is 4.39 Å². The number of aliphatic hydroxyl groups is 1. The van der Waals surface area contributed by atoms with Crippen LogP contribution in [0.1, 0.15) is 50.5 Å². The highest BCUT2D eigenvalue weighted by atomic mass is 19.1. The molecule has 0 amide bonds. The lowest BCUT2D eigenvalue weighted by molar-refractivity contribution is 0.0276. The van der Waals surface area contributed by atoms with Crippen LogP contribution in [0.15, 0.2) is 24.3 Å². The Labute approximate surface area is 145 Å². The fourth-order valence-corrected chi connectivity index (χ4v) is 4.33. The van der Waals surface area contributed by atoms with E-state index in [1.165, 1.54) is 50.7 Å². The molecule has 1 N–H and O–H groups in total. The lowest BCUT2D eigenvalue weighted by Gasteiger charge is -2.44. The zero-order chi connectivity index (χ0) is 16.8. The maximum atomic E-state index is 13.1. The zero-order valence-electron chi connectivity index (χ0n) is 14.7. The minimum Gasteiger partial charge on any atom is -0.396 e. The molecule has 24 heavy (non-hydrogen) atoms. The maximum absolute atomic E-state index is 13.1. The Morgan fingerprint density at radius 3 is 2.38 bits per heavy atom. The molecule has 0 unspecified atom stereocenters. The van der Waals surface area contributed by atoms with Crippen molar-refractivity contribution in [1.29, 1.82) is 0 Å². The Morgan fingerprint density at radius 2 is 1.71 bits per heavy atom. The molecule has 1 aromatic rings. The van der Waals surface area contributed by atoms with Crippen molar-refractivity contribution in [3.05, 3.63) is 35.6 Å². The molecule has 0 bridgehead atoms. The Balaban J connectivity index is 1.61. The number of benzene rings is 1. The number of hydrogen-bond acceptors (Lipinski definition) is 3. The fraction of sp³-hybridized carbons (Fsp3) is 0.700. The lowest BCUT2D eigenvalue weighted by atomic mass is 10.0. The number of rotatable bonds is 5. The second-order valence-electron chi connectivity index (χ2n) is 7.40. The summed E-state index contributed by atoms with van der Waals surface area (Å²) in [5.41, 5.74) is 1.15. The monoisotopic (exact) mass is 334 g/mol. The third-order valence-electron chi connectivity index (χ3n) is 5.74. The molecule has 1 saturated heterocycles. The van der Waals surface area contributed by atoms with Crippen LogP contribution in [0.5, 0.6) is 0 Å². The van der Waals surface area contributed by atoms with Gasteiger partial charge in [-0.05, 0) is 37.0 Å². The first-order valence-corrected chi connectivity index (χ1v) is 9.59. The molecule has 2 fully saturated rings. The number of hydrogen-bond donors (Lipinski definition) is 1. The van der Waals surface area contributed by atoms with Crippen LogP contribution in [0, 0.1) is 5.82 Å². The normalized spacial score (nSPS) is 24.8. The summed E-state index contributed by atoms with van der Waals surface area (Å²) >= 11 is 0. The van der Waals surface area contributed by atoms with Crippen molar-refractivity contribution in [3.63, 3.8) is 0 Å². The molecule has 1 saturated carbocycles. The van der Waals surface area contributed by atoms with Gasteiger partial charge in [0.2, 0.25) is 0 Å². The summed E-state index contributed by atoms with van der Waals surface area (Å²) in [6.45, 7) is 4.31. The fourth-order valence-electron chi connectivity index (χ4n) is 4.33. The van der Waals surface area contributed by atoms with Gasteiger partial charge in [0, 0.05) is 44.9 Å². The van der Waals surface area contributed by atoms with E-state index in [2.05, 4.69) is 9.80 Å². The molecule has 1 heterocycles. The summed E-state index contributed by atoms with van der Waals surface area (Å²) in [5, 5.41) is 9.49. The maximum Gasteiger partial charge on any atom is 0.123 e. The standard InChI is InChI=1S/C20H31FN2O/c21-18-9-7-17(8-10-18)15-22-12-13-23(16-20(22)11-14-24)19-5-3-1-2-4-6-19/h7-10,19-20,24H,1-6,11-16H2/t20-/m1/s1. The second-order valence-corrected chi connectivity index (χ2v) is 7.40. The van der Waals surface area contributed by atoms with Gasteiger partial charge >= 0.3 is 0 Å². The number of halogens is 1. The third-order valence-corrected chi connectivity index (χ3v) is 5.74. The molecule has 4 heteroatoms. The van der Waals surface area contributed by atoms with E-state index >= 15 is 0 Å². The molecular weight excluding hydrogens is 303 g/mol. The van der Waals surface area contributed by atoms with Crippen molar-refractivity contribution < 1.29 is 9.50 Å². The molecule has 0 aromatic heterocycles. The molecule has 1 aromatic carbocycles. The van der Waals surface area contributed by atoms with E-state index in [-0.39, 0.29) is 12.4 Å². The minimum atomic E-state index is -0.177. The first-order chi connectivity index (χ1) is 11.8. The highest BCUT2D eigenvalue weighted by molar-refractivity contribution is 5.16. The molecule has 1 aliphatic carbocycles. The van der Waals surface area contributed by atoms with Crippen LogP contribution in [0.3, 0.4) is 0 Å². The number of nitrogens with zero attached hydrogens (tertiary/aromatic N) is 2. The smallest absolute Gasteiger partial charge is 0.123 e. The van der Waals surface area contributed by atoms with E-state index in [1.807, 2.05) is 12.1 Å². The molecule has 2 aliphatic rings. The van der Waals surface area contributed by atoms with E-state index in [9.17, 15) is 9.50 Å². The van der Waals surface area contributed by atoms with Crippen LogP contribution >= 0.6 is 0 Å². The van der Waals surface area contributed by atoms with E-state index in [1.54, 1.807) is 0 Å². The van der Waals surface area contributed by atoms with Crippen LogP contribution in [-0.2, 0) is 6.54 Å². The van der Waals surface area contributed by atoms with Crippen molar-refractivity contribution in [2.45, 2.75) is 63.6 Å². The quantitative estimate of drug-likeness (QED) is 0.836. The van der Waals surface area contributed by atoms with Gasteiger partial charge in [0.15, 0.2) is 0 Å². The average molecular weight is 334 g/mol. The van der Waals surface area contributed by atoms with Crippen molar-refractivity contribution in [2.75, 3.05) is 26.2 Å². The minimum absolute atomic E-state index is 0.177. The van der Waals surface area contributed by atoms with Gasteiger partial charge in [-0.25, -0.2) is 4.39 Å². The molecule has 1 atom stereocenters. The van der Waals surface area contributed by atoms with Crippen LogP contribution in [-0.4, -0.2) is 53.2 Å². The van der Waals surface area contributed by atoms with E-state index in [0.29, 0.717) is 6.04 Å². The van der Waals surface area contributed by atoms with Gasteiger partial charge in [0.1, 0.15) is 5.82 Å². The Morgan fingerprint density at radius 1 is 1.00 bits per heavy atom. The zero-order valence-corrected chi connectivity index (χ0v) is 14.7. The van der Waals surface area contributed by atoms with E-state index in [4.69, 9.17) is 0 Å². The van der Waals surface area contributed by atoms with Gasteiger partial charge in [-0.15, -0.1) is 0 Å². The first-order valence-electron chi connectivity index (χ1n) is 9.59. The molecule has 134 valence electrons. The lowest BCUT2D eigenvalue weighted by Crippen LogP contribution is -2.55. The predicted molar refractivity (Wildman–Crippen MR) is 95.4 cm³/mol. The summed E-state index contributed by atoms with van der Waals surface area (Å²) in [5.74, 6) is -0.177. The largest absolute Gasteiger partial charge is 0.396 e. The Kier molecular flexibility index (Phi) is 6.64. The second kappa shape index (κ2) is 8.93. The van der Waals surface area contributed by atoms with Gasteiger partial charge in [0.25, 0.3) is 0 Å². The van der Waals surface area contributed by atoms with Gasteiger partial charge in [-0.1, -0.05) is 37.8 Å². The van der Waals surface area contributed by atoms with Gasteiger partial charge in [-0.2, -0.15) is 0 Å². The SMILES string of the molecule is OCC[C@@H]1CN(C2CCCCCC2)CCN1Cc1ccc(F)cc1. The third kappa shape index (κ3) is 4.78. The Hall–Kier alpha value is -0.970. The van der Waals surface area contributed by atoms with Crippen molar-refractivity contribution in [2.24, 2.45) is 0 Å². The van der Waals surface area contributed by atoms with E-state index in [0.717, 1.165) is 44.2 Å². The summed E-state index contributed by atoms with van der Waals surface area (Å²) < 4.78 is 13.1. The van der Waals surface area contributed by atoms with E-state index < -0.39 is 0 Å². The Bertz CT molecular complexity index is 485. The predicted octanol–water partition coefficient (Wildman–Crippen LogP) is 3.42. The van der Waals surface area contributed by atoms with Crippen LogP contribution in [0.25, 0.3) is 0 Å². The number of piperazine rings is 1. The van der Waals surface area contributed by atoms with Gasteiger partial charge in [-0.3, -0.25) is 9.80 Å². The molecule has 0 spiro atoms. The number of aliphatic hydroxyl groups excluding tert-OH is 1. The summed E-state index contributed by atoms with van der Waals surface area (Å²) in [6, 6.07) is 7.97. The van der Waals surface area contributed by atoms with Crippen molar-refractivity contribution in [3.8, 4) is 0 Å². The molecule has 0 radical (unpaired) electrons. The summed E-state index contributed by atoms with van der Waals surface area (Å²) in [7, 11) is 0. The summed E-state index contributed by atoms with van der Waals surface area (Å²) in [6.07, 6.45) is 9.01. The average Bonchev–Trinajstić information content (AvgIpc) is 2.88. The van der Waals surface area contributed by atoms with Crippen molar-refractivity contribution >= 4 is 0 Å². The molecular formula is C20H31FN2O. The molecule has 1 aliphatic heterocycles. The highest BCUT2D eigenvalue weighted by Gasteiger charge is 2.30. The topological polar surface area (TPSA) is 26.7 Å². The highest BCUT2D eigenvalue weighted by Crippen LogP contribution is 2.25. The molecule has 3 nitrogen and oxygen atoms in total. The van der Waals surface area contributed by atoms with Crippen molar-refractivity contribution in [1.82, 2.24) is 9.80 Å². The van der Waals surface area contributed by atoms with Crippen LogP contribution in [0.2, 0.25) is 0 Å².